The van der Waals surface area contributed by atoms with E-state index in [4.69, 9.17) is 51.6 Å². The first kappa shape index (κ1) is 54.7. The number of hydrogen-bond acceptors (Lipinski definition) is 21. The lowest BCUT2D eigenvalue weighted by Crippen LogP contribution is -2.67. The van der Waals surface area contributed by atoms with Crippen molar-refractivity contribution < 1.29 is 98.3 Å². The summed E-state index contributed by atoms with van der Waals surface area (Å²) in [6.45, 7) is 7.85. The average Bonchev–Trinajstić information content (AvgIpc) is 3.15. The van der Waals surface area contributed by atoms with Crippen molar-refractivity contribution in [3.63, 3.8) is 0 Å². The molecular formula is C40H63NO21S. The van der Waals surface area contributed by atoms with Gasteiger partial charge in [0.05, 0.1) is 0 Å². The number of ether oxygens (including phenoxy) is 10. The highest BCUT2D eigenvalue weighted by atomic mass is 32.2. The molecule has 0 aliphatic carbocycles. The summed E-state index contributed by atoms with van der Waals surface area (Å²) in [5.41, 5.74) is 0. The van der Waals surface area contributed by atoms with Gasteiger partial charge in [-0.1, -0.05) is 64.7 Å². The van der Waals surface area contributed by atoms with Crippen molar-refractivity contribution in [2.24, 2.45) is 0 Å². The van der Waals surface area contributed by atoms with Crippen LogP contribution in [-0.2, 0) is 100 Å². The van der Waals surface area contributed by atoms with E-state index < -0.39 is 138 Å². The summed E-state index contributed by atoms with van der Waals surface area (Å²) in [5.74, 6) is -8.78. The second-order valence-corrected chi connectivity index (χ2v) is 16.6. The summed E-state index contributed by atoms with van der Waals surface area (Å²) in [7, 11) is -4.87. The Hall–Kier alpha value is -4.45. The smallest absolute Gasteiger partial charge is 0.303 e. The van der Waals surface area contributed by atoms with Crippen LogP contribution in [0, 0.1) is 0 Å². The van der Waals surface area contributed by atoms with E-state index >= 15 is 0 Å². The SMILES string of the molecule is CCCCCCCCCCCCNC(=O)CS(=O)(=O)O[C@@H]1O[C@H](COC(C)=O)C(O[C@@H]2O[C@H](COC(C)=O)[C@H](OC(C)=O)[C@H](OC(C)=O)[C@H]2OC(C)=O)[C@H](OC(C)=O)[C@H]1OC(C)=O. The Bertz CT molecular complexity index is 1650. The van der Waals surface area contributed by atoms with Crippen molar-refractivity contribution in [3.8, 4) is 0 Å². The van der Waals surface area contributed by atoms with Crippen LogP contribution in [0.5, 0.6) is 0 Å². The van der Waals surface area contributed by atoms with E-state index in [1.54, 1.807) is 0 Å². The van der Waals surface area contributed by atoms with E-state index in [1.165, 1.54) is 32.1 Å². The summed E-state index contributed by atoms with van der Waals surface area (Å²) in [6.07, 6.45) is -7.68. The molecule has 0 aromatic heterocycles. The van der Waals surface area contributed by atoms with E-state index in [0.29, 0.717) is 6.42 Å². The molecule has 0 aromatic rings. The van der Waals surface area contributed by atoms with Gasteiger partial charge in [-0.05, 0) is 6.42 Å². The zero-order valence-electron chi connectivity index (χ0n) is 37.2. The van der Waals surface area contributed by atoms with Gasteiger partial charge in [0.2, 0.25) is 12.2 Å². The number of nitrogens with one attached hydrogen (secondary N) is 1. The summed E-state index contributed by atoms with van der Waals surface area (Å²) >= 11 is 0. The Morgan fingerprint density at radius 3 is 1.32 bits per heavy atom. The van der Waals surface area contributed by atoms with Crippen LogP contribution < -0.4 is 5.32 Å². The van der Waals surface area contributed by atoms with Gasteiger partial charge >= 0.3 is 41.8 Å². The summed E-state index contributed by atoms with van der Waals surface area (Å²) in [6, 6.07) is 0. The Morgan fingerprint density at radius 2 is 0.857 bits per heavy atom. The second-order valence-electron chi connectivity index (χ2n) is 15.0. The van der Waals surface area contributed by atoms with Crippen molar-refractivity contribution in [2.75, 3.05) is 25.5 Å². The molecule has 0 bridgehead atoms. The Morgan fingerprint density at radius 1 is 0.476 bits per heavy atom. The normalized spacial score (nSPS) is 25.7. The highest BCUT2D eigenvalue weighted by molar-refractivity contribution is 7.87. The molecule has 360 valence electrons. The average molecular weight is 926 g/mol. The second kappa shape index (κ2) is 27.7. The zero-order valence-corrected chi connectivity index (χ0v) is 38.0. The molecule has 10 atom stereocenters. The predicted molar refractivity (Wildman–Crippen MR) is 213 cm³/mol. The monoisotopic (exact) mass is 925 g/mol. The van der Waals surface area contributed by atoms with Gasteiger partial charge in [-0.25, -0.2) is 4.18 Å². The van der Waals surface area contributed by atoms with Crippen LogP contribution in [0.1, 0.15) is 120 Å². The van der Waals surface area contributed by atoms with Gasteiger partial charge in [0.1, 0.15) is 31.5 Å². The molecule has 2 rings (SSSR count). The van der Waals surface area contributed by atoms with E-state index in [9.17, 15) is 46.8 Å². The van der Waals surface area contributed by atoms with E-state index in [2.05, 4.69) is 12.2 Å². The van der Waals surface area contributed by atoms with Gasteiger partial charge in [-0.3, -0.25) is 38.4 Å². The molecule has 0 saturated carbocycles. The van der Waals surface area contributed by atoms with Gasteiger partial charge in [0.15, 0.2) is 42.6 Å². The third-order valence-electron chi connectivity index (χ3n) is 9.29. The lowest BCUT2D eigenvalue weighted by molar-refractivity contribution is -0.354. The molecule has 0 aromatic carbocycles. The summed E-state index contributed by atoms with van der Waals surface area (Å²) < 4.78 is 87.6. The van der Waals surface area contributed by atoms with Crippen molar-refractivity contribution in [1.82, 2.24) is 5.32 Å². The maximum atomic E-state index is 13.4. The highest BCUT2D eigenvalue weighted by Crippen LogP contribution is 2.36. The largest absolute Gasteiger partial charge is 0.463 e. The maximum absolute atomic E-state index is 13.4. The summed E-state index contributed by atoms with van der Waals surface area (Å²) in [4.78, 5) is 98.9. The molecule has 63 heavy (non-hydrogen) atoms. The van der Waals surface area contributed by atoms with E-state index in [-0.39, 0.29) is 6.54 Å². The molecule has 2 aliphatic heterocycles. The molecule has 23 heteroatoms. The first-order valence-corrected chi connectivity index (χ1v) is 22.5. The number of rotatable bonds is 26. The minimum atomic E-state index is -4.87. The van der Waals surface area contributed by atoms with E-state index in [1.807, 2.05) is 0 Å². The zero-order chi connectivity index (χ0) is 47.3. The molecule has 0 radical (unpaired) electrons. The fourth-order valence-corrected chi connectivity index (χ4v) is 7.72. The molecule has 2 saturated heterocycles. The molecule has 2 fully saturated rings. The van der Waals surface area contributed by atoms with Crippen LogP contribution >= 0.6 is 0 Å². The van der Waals surface area contributed by atoms with Crippen LogP contribution in [-0.4, -0.2) is 143 Å². The van der Waals surface area contributed by atoms with Gasteiger partial charge in [0, 0.05) is 55.0 Å². The lowest BCUT2D eigenvalue weighted by Gasteiger charge is -2.48. The topological polar surface area (TPSA) is 284 Å². The Labute approximate surface area is 367 Å². The summed E-state index contributed by atoms with van der Waals surface area (Å²) in [5, 5.41) is 2.53. The van der Waals surface area contributed by atoms with Crippen LogP contribution in [0.4, 0.5) is 0 Å². The van der Waals surface area contributed by atoms with Crippen LogP contribution in [0.2, 0.25) is 0 Å². The first-order chi connectivity index (χ1) is 29.6. The molecule has 22 nitrogen and oxygen atoms in total. The fourth-order valence-electron chi connectivity index (χ4n) is 6.78. The van der Waals surface area contributed by atoms with Crippen LogP contribution in [0.15, 0.2) is 0 Å². The van der Waals surface area contributed by atoms with Gasteiger partial charge in [-0.15, -0.1) is 0 Å². The number of hydrogen-bond donors (Lipinski definition) is 1. The third kappa shape index (κ3) is 20.7. The van der Waals surface area contributed by atoms with Gasteiger partial charge in [0.25, 0.3) is 10.1 Å². The number of esters is 7. The number of amides is 1. The lowest BCUT2D eigenvalue weighted by atomic mass is 9.96. The van der Waals surface area contributed by atoms with Crippen LogP contribution in [0.25, 0.3) is 0 Å². The molecule has 2 aliphatic rings. The number of carbonyl (C=O) groups excluding carboxylic acids is 8. The molecule has 1 N–H and O–H groups in total. The van der Waals surface area contributed by atoms with Gasteiger partial charge < -0.3 is 52.7 Å². The van der Waals surface area contributed by atoms with E-state index in [0.717, 1.165) is 74.1 Å². The third-order valence-corrected chi connectivity index (χ3v) is 10.4. The van der Waals surface area contributed by atoms with Crippen molar-refractivity contribution in [2.45, 2.75) is 181 Å². The molecule has 0 spiro atoms. The number of carbonyl (C=O) groups is 8. The van der Waals surface area contributed by atoms with Crippen molar-refractivity contribution >= 4 is 57.8 Å². The Kier molecular flexibility index (Phi) is 24.0. The maximum Gasteiger partial charge on any atom is 0.303 e. The molecular weight excluding hydrogens is 862 g/mol. The quantitative estimate of drug-likeness (QED) is 0.0562. The first-order valence-electron chi connectivity index (χ1n) is 20.9. The number of unbranched alkanes of at least 4 members (excludes halogenated alkanes) is 9. The van der Waals surface area contributed by atoms with Crippen molar-refractivity contribution in [3.05, 3.63) is 0 Å². The standard InChI is InChI=1S/C40H63NO21S/c1-9-10-11-12-13-14-15-16-17-18-19-41-32(49)22-63(50,51)62-40-38(58-29(8)48)36(56-27(6)46)34(31(60-40)21-53-24(3)43)61-39-37(57-28(7)47)35(55-26(5)45)33(54-25(4)44)30(59-39)20-52-23(2)42/h30-31,33-40H,9-22H2,1-8H3,(H,41,49)/t30-,31-,33+,34?,35+,36+,37-,38-,39+,40+/m1/s1. The van der Waals surface area contributed by atoms with Gasteiger partial charge in [-0.2, -0.15) is 8.42 Å². The highest BCUT2D eigenvalue weighted by Gasteiger charge is 2.58. The minimum Gasteiger partial charge on any atom is -0.463 e. The molecule has 1 amide bonds. The Balaban J connectivity index is 2.47. The fraction of sp³-hybridized carbons (Fsp3) is 0.800. The van der Waals surface area contributed by atoms with Crippen molar-refractivity contribution in [1.29, 1.82) is 0 Å². The minimum absolute atomic E-state index is 0.193. The molecule has 2 heterocycles. The predicted octanol–water partition coefficient (Wildman–Crippen LogP) is 1.99. The van der Waals surface area contributed by atoms with Crippen LogP contribution in [0.3, 0.4) is 0 Å². The molecule has 1 unspecified atom stereocenters.